The van der Waals surface area contributed by atoms with E-state index >= 15 is 0 Å². The van der Waals surface area contributed by atoms with Gasteiger partial charge < -0.3 is 15.3 Å². The molecule has 1 aliphatic heterocycles. The van der Waals surface area contributed by atoms with Gasteiger partial charge in [0.2, 0.25) is 0 Å². The summed E-state index contributed by atoms with van der Waals surface area (Å²) in [5.41, 5.74) is 0. The molecule has 2 rings (SSSR count). The number of hydrogen-bond acceptors (Lipinski definition) is 2. The van der Waals surface area contributed by atoms with Crippen LogP contribution in [0.4, 0.5) is 4.79 Å². The van der Waals surface area contributed by atoms with E-state index in [-0.39, 0.29) is 18.5 Å². The number of carbonyl (C=O) groups is 2. The normalized spacial score (nSPS) is 25.2. The first-order valence-corrected chi connectivity index (χ1v) is 6.46. The molecule has 2 fully saturated rings. The molecule has 1 saturated carbocycles. The van der Waals surface area contributed by atoms with Gasteiger partial charge in [-0.2, -0.15) is 0 Å². The molecule has 0 aromatic carbocycles. The Labute approximate surface area is 101 Å². The van der Waals surface area contributed by atoms with Gasteiger partial charge in [0.1, 0.15) is 0 Å². The van der Waals surface area contributed by atoms with Gasteiger partial charge in [0.15, 0.2) is 0 Å². The quantitative estimate of drug-likeness (QED) is 0.786. The van der Waals surface area contributed by atoms with Crippen LogP contribution in [-0.4, -0.2) is 40.6 Å². The van der Waals surface area contributed by atoms with Crippen molar-refractivity contribution < 1.29 is 14.7 Å². The van der Waals surface area contributed by atoms with E-state index in [0.29, 0.717) is 12.6 Å². The average molecular weight is 240 g/mol. The molecule has 5 nitrogen and oxygen atoms in total. The third-order valence-electron chi connectivity index (χ3n) is 3.73. The molecule has 17 heavy (non-hydrogen) atoms. The standard InChI is InChI=1S/C12H20N2O3/c15-11(16)8-10-6-1-2-7-14(10)12(17)13-9-4-3-5-9/h9-10H,1-8H2,(H,13,17)(H,15,16). The topological polar surface area (TPSA) is 69.6 Å². The number of nitrogens with zero attached hydrogens (tertiary/aromatic N) is 1. The molecule has 0 aromatic heterocycles. The molecule has 2 N–H and O–H groups in total. The second-order valence-electron chi connectivity index (χ2n) is 5.02. The zero-order valence-electron chi connectivity index (χ0n) is 10.0. The number of likely N-dealkylation sites (tertiary alicyclic amines) is 1. The summed E-state index contributed by atoms with van der Waals surface area (Å²) in [4.78, 5) is 24.5. The van der Waals surface area contributed by atoms with Crippen molar-refractivity contribution in [2.75, 3.05) is 6.54 Å². The molecule has 2 amide bonds. The summed E-state index contributed by atoms with van der Waals surface area (Å²) in [6.07, 6.45) is 6.18. The van der Waals surface area contributed by atoms with Crippen molar-refractivity contribution in [1.29, 1.82) is 0 Å². The summed E-state index contributed by atoms with van der Waals surface area (Å²) in [5.74, 6) is -0.821. The number of piperidine rings is 1. The van der Waals surface area contributed by atoms with E-state index in [9.17, 15) is 9.59 Å². The van der Waals surface area contributed by atoms with Crippen LogP contribution in [0.2, 0.25) is 0 Å². The molecule has 96 valence electrons. The van der Waals surface area contributed by atoms with Gasteiger partial charge in [0.05, 0.1) is 6.42 Å². The zero-order chi connectivity index (χ0) is 12.3. The van der Waals surface area contributed by atoms with Crippen LogP contribution in [0.5, 0.6) is 0 Å². The third-order valence-corrected chi connectivity index (χ3v) is 3.73. The highest BCUT2D eigenvalue weighted by Crippen LogP contribution is 2.22. The van der Waals surface area contributed by atoms with E-state index in [0.717, 1.165) is 32.1 Å². The smallest absolute Gasteiger partial charge is 0.317 e. The van der Waals surface area contributed by atoms with Crippen molar-refractivity contribution in [3.63, 3.8) is 0 Å². The SMILES string of the molecule is O=C(O)CC1CCCCN1C(=O)NC1CCC1. The monoisotopic (exact) mass is 240 g/mol. The molecule has 1 aliphatic carbocycles. The van der Waals surface area contributed by atoms with E-state index < -0.39 is 5.97 Å². The first-order valence-electron chi connectivity index (χ1n) is 6.46. The number of nitrogens with one attached hydrogen (secondary N) is 1. The Hall–Kier alpha value is -1.26. The van der Waals surface area contributed by atoms with Crippen molar-refractivity contribution in [3.8, 4) is 0 Å². The molecular formula is C12H20N2O3. The Morgan fingerprint density at radius 1 is 1.18 bits per heavy atom. The minimum Gasteiger partial charge on any atom is -0.481 e. The lowest BCUT2D eigenvalue weighted by atomic mass is 9.93. The number of urea groups is 1. The van der Waals surface area contributed by atoms with E-state index in [4.69, 9.17) is 5.11 Å². The Balaban J connectivity index is 1.89. The maximum atomic E-state index is 12.0. The Kier molecular flexibility index (Phi) is 3.86. The number of rotatable bonds is 3. The van der Waals surface area contributed by atoms with Crippen LogP contribution in [0, 0.1) is 0 Å². The van der Waals surface area contributed by atoms with Crippen LogP contribution in [0.1, 0.15) is 44.9 Å². The predicted octanol–water partition coefficient (Wildman–Crippen LogP) is 1.58. The number of carbonyl (C=O) groups excluding carboxylic acids is 1. The number of aliphatic carboxylic acids is 1. The molecule has 0 radical (unpaired) electrons. The van der Waals surface area contributed by atoms with E-state index in [1.165, 1.54) is 6.42 Å². The predicted molar refractivity (Wildman–Crippen MR) is 62.8 cm³/mol. The lowest BCUT2D eigenvalue weighted by Crippen LogP contribution is -2.53. The summed E-state index contributed by atoms with van der Waals surface area (Å²) in [6.45, 7) is 0.691. The van der Waals surface area contributed by atoms with Crippen LogP contribution >= 0.6 is 0 Å². The summed E-state index contributed by atoms with van der Waals surface area (Å²) in [7, 11) is 0. The van der Waals surface area contributed by atoms with Gasteiger partial charge in [-0.25, -0.2) is 4.79 Å². The Morgan fingerprint density at radius 2 is 1.94 bits per heavy atom. The molecule has 1 saturated heterocycles. The highest BCUT2D eigenvalue weighted by molar-refractivity contribution is 5.76. The van der Waals surface area contributed by atoms with E-state index in [2.05, 4.69) is 5.32 Å². The summed E-state index contributed by atoms with van der Waals surface area (Å²) in [6, 6.07) is 0.122. The minimum absolute atomic E-state index is 0.0675. The minimum atomic E-state index is -0.821. The van der Waals surface area contributed by atoms with Crippen molar-refractivity contribution in [3.05, 3.63) is 0 Å². The fourth-order valence-corrected chi connectivity index (χ4v) is 2.49. The molecule has 2 aliphatic rings. The van der Waals surface area contributed by atoms with Crippen molar-refractivity contribution >= 4 is 12.0 Å². The molecule has 1 heterocycles. The Morgan fingerprint density at radius 3 is 2.53 bits per heavy atom. The average Bonchev–Trinajstić information content (AvgIpc) is 2.23. The van der Waals surface area contributed by atoms with Crippen molar-refractivity contribution in [1.82, 2.24) is 10.2 Å². The van der Waals surface area contributed by atoms with E-state index in [1.54, 1.807) is 4.90 Å². The number of carboxylic acid groups (broad SMARTS) is 1. The summed E-state index contributed by atoms with van der Waals surface area (Å²) < 4.78 is 0. The van der Waals surface area contributed by atoms with Gasteiger partial charge in [-0.05, 0) is 38.5 Å². The molecule has 0 aromatic rings. The number of hydrogen-bond donors (Lipinski definition) is 2. The summed E-state index contributed by atoms with van der Waals surface area (Å²) in [5, 5.41) is 11.8. The van der Waals surface area contributed by atoms with Crippen LogP contribution in [0.15, 0.2) is 0 Å². The van der Waals surface area contributed by atoms with Gasteiger partial charge in [-0.3, -0.25) is 4.79 Å². The van der Waals surface area contributed by atoms with Gasteiger partial charge in [0.25, 0.3) is 0 Å². The second kappa shape index (κ2) is 5.38. The maximum Gasteiger partial charge on any atom is 0.317 e. The van der Waals surface area contributed by atoms with Gasteiger partial charge in [-0.1, -0.05) is 0 Å². The lowest BCUT2D eigenvalue weighted by molar-refractivity contribution is -0.138. The fourth-order valence-electron chi connectivity index (χ4n) is 2.49. The molecule has 1 atom stereocenters. The maximum absolute atomic E-state index is 12.0. The molecule has 0 spiro atoms. The highest BCUT2D eigenvalue weighted by atomic mass is 16.4. The molecule has 1 unspecified atom stereocenters. The lowest BCUT2D eigenvalue weighted by Gasteiger charge is -2.37. The molecular weight excluding hydrogens is 220 g/mol. The van der Waals surface area contributed by atoms with Gasteiger partial charge >= 0.3 is 12.0 Å². The number of carboxylic acids is 1. The van der Waals surface area contributed by atoms with Crippen LogP contribution in [0.3, 0.4) is 0 Å². The van der Waals surface area contributed by atoms with Crippen LogP contribution < -0.4 is 5.32 Å². The largest absolute Gasteiger partial charge is 0.481 e. The molecule has 5 heteroatoms. The summed E-state index contributed by atoms with van der Waals surface area (Å²) >= 11 is 0. The second-order valence-corrected chi connectivity index (χ2v) is 5.02. The Bertz CT molecular complexity index is 302. The van der Waals surface area contributed by atoms with Crippen molar-refractivity contribution in [2.45, 2.75) is 57.0 Å². The molecule has 0 bridgehead atoms. The van der Waals surface area contributed by atoms with Crippen LogP contribution in [0.25, 0.3) is 0 Å². The first kappa shape index (κ1) is 12.2. The van der Waals surface area contributed by atoms with Crippen molar-refractivity contribution in [2.24, 2.45) is 0 Å². The number of amides is 2. The third kappa shape index (κ3) is 3.11. The van der Waals surface area contributed by atoms with Crippen LogP contribution in [-0.2, 0) is 4.79 Å². The first-order chi connectivity index (χ1) is 8.16. The van der Waals surface area contributed by atoms with Gasteiger partial charge in [-0.15, -0.1) is 0 Å². The fraction of sp³-hybridized carbons (Fsp3) is 0.833. The van der Waals surface area contributed by atoms with E-state index in [1.807, 2.05) is 0 Å². The zero-order valence-corrected chi connectivity index (χ0v) is 10.0. The van der Waals surface area contributed by atoms with Gasteiger partial charge in [0, 0.05) is 18.6 Å². The highest BCUT2D eigenvalue weighted by Gasteiger charge is 2.30.